The number of pyridine rings is 1. The van der Waals surface area contributed by atoms with Crippen molar-refractivity contribution in [2.24, 2.45) is 5.41 Å². The van der Waals surface area contributed by atoms with Crippen LogP contribution in [0.25, 0.3) is 0 Å². The fourth-order valence-electron chi connectivity index (χ4n) is 2.35. The van der Waals surface area contributed by atoms with Crippen molar-refractivity contribution in [3.63, 3.8) is 0 Å². The SMILES string of the molecule is CC(C)(C)[C@H]1CN(C(=O)c2ccc(C(F)(F)F)c(=O)[nH]2)CCO1. The number of amides is 1. The van der Waals surface area contributed by atoms with Crippen LogP contribution in [0.3, 0.4) is 0 Å². The van der Waals surface area contributed by atoms with Gasteiger partial charge in [0.25, 0.3) is 11.5 Å². The van der Waals surface area contributed by atoms with Crippen molar-refractivity contribution in [3.05, 3.63) is 33.7 Å². The van der Waals surface area contributed by atoms with E-state index in [-0.39, 0.29) is 17.2 Å². The topological polar surface area (TPSA) is 62.4 Å². The molecule has 2 rings (SSSR count). The molecule has 0 aromatic carbocycles. The first kappa shape index (κ1) is 17.5. The number of rotatable bonds is 1. The van der Waals surface area contributed by atoms with Gasteiger partial charge in [-0.25, -0.2) is 0 Å². The van der Waals surface area contributed by atoms with Gasteiger partial charge in [-0.05, 0) is 17.5 Å². The van der Waals surface area contributed by atoms with Crippen molar-refractivity contribution in [2.45, 2.75) is 33.1 Å². The van der Waals surface area contributed by atoms with E-state index in [0.29, 0.717) is 25.8 Å². The largest absolute Gasteiger partial charge is 0.421 e. The summed E-state index contributed by atoms with van der Waals surface area (Å²) in [5.74, 6) is -0.506. The van der Waals surface area contributed by atoms with Gasteiger partial charge < -0.3 is 14.6 Å². The first-order valence-corrected chi connectivity index (χ1v) is 7.21. The number of aromatic amines is 1. The van der Waals surface area contributed by atoms with Crippen molar-refractivity contribution in [1.82, 2.24) is 9.88 Å². The third kappa shape index (κ3) is 3.93. The number of carbonyl (C=O) groups excluding carboxylic acids is 1. The molecule has 1 aromatic rings. The minimum absolute atomic E-state index is 0.155. The van der Waals surface area contributed by atoms with Gasteiger partial charge in [-0.2, -0.15) is 13.2 Å². The number of hydrogen-bond acceptors (Lipinski definition) is 3. The molecule has 8 heteroatoms. The number of nitrogens with zero attached hydrogens (tertiary/aromatic N) is 1. The Morgan fingerprint density at radius 2 is 1.96 bits per heavy atom. The first-order chi connectivity index (χ1) is 10.5. The zero-order valence-electron chi connectivity index (χ0n) is 13.2. The van der Waals surface area contributed by atoms with E-state index in [1.54, 1.807) is 0 Å². The average molecular weight is 332 g/mol. The summed E-state index contributed by atoms with van der Waals surface area (Å²) in [6.45, 7) is 6.93. The van der Waals surface area contributed by atoms with Gasteiger partial charge in [0, 0.05) is 13.1 Å². The standard InChI is InChI=1S/C15H19F3N2O3/c1-14(2,3)11-8-20(6-7-23-11)13(22)10-5-4-9(12(21)19-10)15(16,17)18/h4-5,11H,6-8H2,1-3H3,(H,19,21)/t11-/m1/s1. The Kier molecular flexibility index (Phi) is 4.57. The van der Waals surface area contributed by atoms with Gasteiger partial charge in [0.1, 0.15) is 11.3 Å². The van der Waals surface area contributed by atoms with Crippen LogP contribution in [0.4, 0.5) is 13.2 Å². The molecule has 0 spiro atoms. The third-order valence-corrected chi connectivity index (χ3v) is 3.76. The van der Waals surface area contributed by atoms with Crippen LogP contribution in [0.1, 0.15) is 36.8 Å². The summed E-state index contributed by atoms with van der Waals surface area (Å²) < 4.78 is 43.4. The molecule has 0 aliphatic carbocycles. The van der Waals surface area contributed by atoms with Crippen LogP contribution < -0.4 is 5.56 Å². The molecule has 5 nitrogen and oxygen atoms in total. The summed E-state index contributed by atoms with van der Waals surface area (Å²) >= 11 is 0. The lowest BCUT2D eigenvalue weighted by Gasteiger charge is -2.39. The van der Waals surface area contributed by atoms with Gasteiger partial charge in [0.15, 0.2) is 0 Å². The third-order valence-electron chi connectivity index (χ3n) is 3.76. The lowest BCUT2D eigenvalue weighted by molar-refractivity contribution is -0.138. The van der Waals surface area contributed by atoms with E-state index in [4.69, 9.17) is 4.74 Å². The molecule has 1 aliphatic rings. The molecule has 0 unspecified atom stereocenters. The molecule has 1 amide bonds. The summed E-state index contributed by atoms with van der Waals surface area (Å²) in [5.41, 5.74) is -2.96. The number of carbonyl (C=O) groups is 1. The quantitative estimate of drug-likeness (QED) is 0.858. The highest BCUT2D eigenvalue weighted by atomic mass is 19.4. The molecule has 0 saturated carbocycles. The maximum absolute atomic E-state index is 12.6. The molecule has 1 aliphatic heterocycles. The van der Waals surface area contributed by atoms with Gasteiger partial charge in [-0.15, -0.1) is 0 Å². The number of ether oxygens (including phenoxy) is 1. The monoisotopic (exact) mass is 332 g/mol. The molecule has 23 heavy (non-hydrogen) atoms. The number of morpholine rings is 1. The fraction of sp³-hybridized carbons (Fsp3) is 0.600. The Morgan fingerprint density at radius 1 is 1.30 bits per heavy atom. The molecular weight excluding hydrogens is 313 g/mol. The predicted octanol–water partition coefficient (Wildman–Crippen LogP) is 2.28. The second kappa shape index (κ2) is 5.99. The number of halogens is 3. The highest BCUT2D eigenvalue weighted by Gasteiger charge is 2.35. The summed E-state index contributed by atoms with van der Waals surface area (Å²) in [6, 6.07) is 1.63. The van der Waals surface area contributed by atoms with Crippen LogP contribution in [-0.2, 0) is 10.9 Å². The zero-order chi connectivity index (χ0) is 17.4. The summed E-state index contributed by atoms with van der Waals surface area (Å²) in [7, 11) is 0. The van der Waals surface area contributed by atoms with E-state index in [2.05, 4.69) is 0 Å². The maximum atomic E-state index is 12.6. The van der Waals surface area contributed by atoms with E-state index < -0.39 is 23.2 Å². The second-order valence-corrected chi connectivity index (χ2v) is 6.59. The molecule has 1 N–H and O–H groups in total. The van der Waals surface area contributed by atoms with Gasteiger partial charge in [0.05, 0.1) is 12.7 Å². The molecule has 1 atom stereocenters. The number of alkyl halides is 3. The average Bonchev–Trinajstić information content (AvgIpc) is 2.44. The van der Waals surface area contributed by atoms with Crippen LogP contribution in [0.5, 0.6) is 0 Å². The van der Waals surface area contributed by atoms with Crippen LogP contribution in [-0.4, -0.2) is 41.6 Å². The number of H-pyrrole nitrogens is 1. The molecule has 1 saturated heterocycles. The minimum Gasteiger partial charge on any atom is -0.374 e. The lowest BCUT2D eigenvalue weighted by Crippen LogP contribution is -2.50. The number of hydrogen-bond donors (Lipinski definition) is 1. The molecule has 0 bridgehead atoms. The number of aromatic nitrogens is 1. The Hall–Kier alpha value is -1.83. The van der Waals surface area contributed by atoms with Crippen molar-refractivity contribution < 1.29 is 22.7 Å². The first-order valence-electron chi connectivity index (χ1n) is 7.21. The molecular formula is C15H19F3N2O3. The normalized spacial score (nSPS) is 19.7. The highest BCUT2D eigenvalue weighted by molar-refractivity contribution is 5.92. The molecule has 128 valence electrons. The van der Waals surface area contributed by atoms with E-state index in [0.717, 1.165) is 6.07 Å². The van der Waals surface area contributed by atoms with Crippen molar-refractivity contribution in [3.8, 4) is 0 Å². The lowest BCUT2D eigenvalue weighted by atomic mass is 9.88. The summed E-state index contributed by atoms with van der Waals surface area (Å²) in [5, 5.41) is 0. The van der Waals surface area contributed by atoms with Crippen molar-refractivity contribution >= 4 is 5.91 Å². The van der Waals surface area contributed by atoms with Gasteiger partial charge in [-0.1, -0.05) is 20.8 Å². The van der Waals surface area contributed by atoms with Crippen LogP contribution in [0.2, 0.25) is 0 Å². The molecule has 0 radical (unpaired) electrons. The van der Waals surface area contributed by atoms with Gasteiger partial charge in [-0.3, -0.25) is 9.59 Å². The molecule has 2 heterocycles. The van der Waals surface area contributed by atoms with Crippen LogP contribution in [0, 0.1) is 5.41 Å². The summed E-state index contributed by atoms with van der Waals surface area (Å²) in [4.78, 5) is 27.4. The number of nitrogens with one attached hydrogen (secondary N) is 1. The highest BCUT2D eigenvalue weighted by Crippen LogP contribution is 2.27. The van der Waals surface area contributed by atoms with Gasteiger partial charge >= 0.3 is 6.18 Å². The molecule has 1 fully saturated rings. The van der Waals surface area contributed by atoms with Crippen molar-refractivity contribution in [1.29, 1.82) is 0 Å². The second-order valence-electron chi connectivity index (χ2n) is 6.59. The summed E-state index contributed by atoms with van der Waals surface area (Å²) in [6.07, 6.45) is -4.92. The smallest absolute Gasteiger partial charge is 0.374 e. The van der Waals surface area contributed by atoms with E-state index >= 15 is 0 Å². The fourth-order valence-corrected chi connectivity index (χ4v) is 2.35. The predicted molar refractivity (Wildman–Crippen MR) is 77.2 cm³/mol. The minimum atomic E-state index is -4.74. The Morgan fingerprint density at radius 3 is 2.48 bits per heavy atom. The van der Waals surface area contributed by atoms with Crippen LogP contribution >= 0.6 is 0 Å². The van der Waals surface area contributed by atoms with E-state index in [1.807, 2.05) is 25.8 Å². The van der Waals surface area contributed by atoms with Crippen LogP contribution in [0.15, 0.2) is 16.9 Å². The van der Waals surface area contributed by atoms with E-state index in [9.17, 15) is 22.8 Å². The van der Waals surface area contributed by atoms with Crippen molar-refractivity contribution in [2.75, 3.05) is 19.7 Å². The zero-order valence-corrected chi connectivity index (χ0v) is 13.2. The van der Waals surface area contributed by atoms with Gasteiger partial charge in [0.2, 0.25) is 0 Å². The Labute approximate surface area is 131 Å². The molecule has 1 aromatic heterocycles. The van der Waals surface area contributed by atoms with E-state index in [1.165, 1.54) is 4.90 Å². The Balaban J connectivity index is 2.21. The maximum Gasteiger partial charge on any atom is 0.421 e. The Bertz CT molecular complexity index is 647.